The fraction of sp³-hybridized carbons (Fsp3) is 0.429. The van der Waals surface area contributed by atoms with E-state index < -0.39 is 16.0 Å². The lowest BCUT2D eigenvalue weighted by Crippen LogP contribution is -1.99. The molecule has 0 spiro atoms. The molecular weight excluding hydrogens is 293 g/mol. The van der Waals surface area contributed by atoms with E-state index in [-0.39, 0.29) is 18.3 Å². The van der Waals surface area contributed by atoms with Crippen molar-refractivity contribution in [2.75, 3.05) is 0 Å². The second kappa shape index (κ2) is 5.71. The number of rotatable bonds is 2. The number of fused-ring (bicyclic) bond motifs is 1. The second-order valence-electron chi connectivity index (χ2n) is 4.68. The van der Waals surface area contributed by atoms with E-state index in [1.165, 1.54) is 0 Å². The Bertz CT molecular complexity index is 570. The molecule has 0 aliphatic carbocycles. The Hall–Kier alpha value is -0.740. The molecule has 19 heavy (non-hydrogen) atoms. The number of alkyl halides is 3. The lowest BCUT2D eigenvalue weighted by atomic mass is 10.1. The maximum atomic E-state index is 13.2. The lowest BCUT2D eigenvalue weighted by Gasteiger charge is -2.02. The minimum atomic E-state index is -4.17. The van der Waals surface area contributed by atoms with Crippen LogP contribution in [0.15, 0.2) is 24.3 Å². The van der Waals surface area contributed by atoms with E-state index in [4.69, 9.17) is 0 Å². The molecule has 2 rings (SSSR count). The van der Waals surface area contributed by atoms with E-state index in [0.717, 1.165) is 17.4 Å². The zero-order chi connectivity index (χ0) is 13.5. The number of hydrogen-bond donors (Lipinski definition) is 0. The highest BCUT2D eigenvalue weighted by atomic mass is 35.5. The van der Waals surface area contributed by atoms with Gasteiger partial charge in [0, 0.05) is 17.4 Å². The molecule has 0 saturated carbocycles. The summed E-state index contributed by atoms with van der Waals surface area (Å²) in [7, 11) is -1.74. The molecule has 0 aliphatic rings. The first-order valence-electron chi connectivity index (χ1n) is 6.00. The van der Waals surface area contributed by atoms with Crippen molar-refractivity contribution in [1.29, 1.82) is 0 Å². The van der Waals surface area contributed by atoms with E-state index in [1.807, 2.05) is 32.9 Å². The van der Waals surface area contributed by atoms with Crippen LogP contribution in [0.25, 0.3) is 10.1 Å². The molecule has 0 amide bonds. The van der Waals surface area contributed by atoms with Crippen LogP contribution in [0.2, 0.25) is 0 Å². The van der Waals surface area contributed by atoms with Crippen molar-refractivity contribution < 1.29 is 13.2 Å². The van der Waals surface area contributed by atoms with Gasteiger partial charge in [-0.25, -0.2) is 0 Å². The molecule has 1 unspecified atom stereocenters. The molecule has 5 heteroatoms. The van der Waals surface area contributed by atoms with Crippen molar-refractivity contribution in [2.24, 2.45) is 0 Å². The molecule has 1 aromatic heterocycles. The second-order valence-corrected chi connectivity index (χ2v) is 6.67. The van der Waals surface area contributed by atoms with Crippen LogP contribution < -0.4 is 0 Å². The Morgan fingerprint density at radius 1 is 1.16 bits per heavy atom. The van der Waals surface area contributed by atoms with Crippen molar-refractivity contribution in [3.8, 4) is 0 Å². The smallest absolute Gasteiger partial charge is 0.147 e. The third kappa shape index (κ3) is 3.06. The van der Waals surface area contributed by atoms with Crippen LogP contribution in [0, 0.1) is 0 Å². The molecule has 0 N–H and O–H groups in total. The molecule has 0 saturated heterocycles. The Labute approximate surface area is 120 Å². The fourth-order valence-corrected chi connectivity index (χ4v) is 4.16. The number of halogens is 4. The van der Waals surface area contributed by atoms with Crippen molar-refractivity contribution >= 4 is 33.0 Å². The van der Waals surface area contributed by atoms with Crippen LogP contribution in [0.5, 0.6) is 0 Å². The lowest BCUT2D eigenvalue weighted by molar-refractivity contribution is -0.0868. The number of benzene rings is 1. The molecule has 1 aromatic carbocycles. The van der Waals surface area contributed by atoms with Gasteiger partial charge in [-0.05, 0) is 24.1 Å². The molecule has 1 atom stereocenters. The van der Waals surface area contributed by atoms with Gasteiger partial charge in [-0.1, -0.05) is 26.8 Å². The molecular formula is C14H17ClF3S+. The summed E-state index contributed by atoms with van der Waals surface area (Å²) in [6, 6.07) is 7.07. The fourth-order valence-electron chi connectivity index (χ4n) is 2.12. The topological polar surface area (TPSA) is 0 Å². The molecule has 0 radical (unpaired) electrons. The molecule has 0 bridgehead atoms. The van der Waals surface area contributed by atoms with Gasteiger partial charge in [0.2, 0.25) is 0 Å². The van der Waals surface area contributed by atoms with Gasteiger partial charge < -0.3 is 0 Å². The largest absolute Gasteiger partial charge is 0.600 e. The van der Waals surface area contributed by atoms with Crippen LogP contribution >= 0.6 is 22.9 Å². The van der Waals surface area contributed by atoms with E-state index >= 15 is 0 Å². The van der Waals surface area contributed by atoms with Crippen LogP contribution in [-0.2, 0) is 11.9 Å². The summed E-state index contributed by atoms with van der Waals surface area (Å²) in [6.45, 7) is 5.65. The molecule has 2 aromatic rings. The van der Waals surface area contributed by atoms with Gasteiger partial charge >= 0.3 is 5.51 Å². The van der Waals surface area contributed by atoms with E-state index in [0.29, 0.717) is 9.58 Å². The predicted molar refractivity (Wildman–Crippen MR) is 78.4 cm³/mol. The van der Waals surface area contributed by atoms with Crippen LogP contribution in [-0.4, -0.2) is 0 Å². The van der Waals surface area contributed by atoms with Gasteiger partial charge in [0.05, 0.1) is 10.5 Å². The summed E-state index contributed by atoms with van der Waals surface area (Å²) < 4.78 is 40.0. The van der Waals surface area contributed by atoms with Crippen LogP contribution in [0.3, 0.4) is 0 Å². The van der Waals surface area contributed by atoms with E-state index in [9.17, 15) is 13.2 Å². The summed E-state index contributed by atoms with van der Waals surface area (Å²) in [6.07, 6.45) is 0.845. The maximum absolute atomic E-state index is 13.2. The van der Waals surface area contributed by atoms with Crippen LogP contribution in [0.4, 0.5) is 13.2 Å². The minimum absolute atomic E-state index is 0. The predicted octanol–water partition coefficient (Wildman–Crippen LogP) is 6.17. The normalized spacial score (nSPS) is 12.9. The van der Waals surface area contributed by atoms with Gasteiger partial charge in [-0.3, -0.25) is 0 Å². The molecule has 0 aliphatic heterocycles. The van der Waals surface area contributed by atoms with Gasteiger partial charge in [-0.2, -0.15) is 0 Å². The first-order valence-corrected chi connectivity index (χ1v) is 7.22. The van der Waals surface area contributed by atoms with Gasteiger partial charge in [0.1, 0.15) is 0 Å². The van der Waals surface area contributed by atoms with Gasteiger partial charge in [-0.15, -0.1) is 25.6 Å². The van der Waals surface area contributed by atoms with E-state index in [1.54, 1.807) is 12.1 Å². The van der Waals surface area contributed by atoms with Crippen molar-refractivity contribution in [3.63, 3.8) is 0 Å². The Morgan fingerprint density at radius 3 is 2.26 bits per heavy atom. The molecule has 106 valence electrons. The first kappa shape index (κ1) is 16.3. The third-order valence-electron chi connectivity index (χ3n) is 3.04. The van der Waals surface area contributed by atoms with Crippen molar-refractivity contribution in [1.82, 2.24) is 0 Å². The summed E-state index contributed by atoms with van der Waals surface area (Å²) in [5.74, 6) is -0.0764. The Kier molecular flexibility index (Phi) is 4.91. The Balaban J connectivity index is 0.00000180. The summed E-state index contributed by atoms with van der Waals surface area (Å²) in [5.41, 5.74) is -3.09. The maximum Gasteiger partial charge on any atom is 0.600 e. The summed E-state index contributed by atoms with van der Waals surface area (Å²) in [4.78, 5) is 0.505. The van der Waals surface area contributed by atoms with Crippen molar-refractivity contribution in [3.05, 3.63) is 34.7 Å². The van der Waals surface area contributed by atoms with Gasteiger partial charge in [0.15, 0.2) is 9.58 Å². The van der Waals surface area contributed by atoms with E-state index in [2.05, 4.69) is 0 Å². The minimum Gasteiger partial charge on any atom is -0.147 e. The summed E-state index contributed by atoms with van der Waals surface area (Å²) in [5, 5.41) is 0.749. The molecule has 0 fully saturated rings. The highest BCUT2D eigenvalue weighted by Gasteiger charge is 2.48. The monoisotopic (exact) mass is 309 g/mol. The SMILES string of the molecule is CCc1ccc2c(c1)cc(C(C)C)[s+]2C(F)(F)F.Cl. The average molecular weight is 310 g/mol. The van der Waals surface area contributed by atoms with Gasteiger partial charge in [0.25, 0.3) is 0 Å². The first-order chi connectivity index (χ1) is 8.34. The average Bonchev–Trinajstić information content (AvgIpc) is 2.66. The number of thiophene rings is 1. The quantitative estimate of drug-likeness (QED) is 0.582. The summed E-state index contributed by atoms with van der Waals surface area (Å²) >= 11 is 0. The Morgan fingerprint density at radius 2 is 1.79 bits per heavy atom. The van der Waals surface area contributed by atoms with Crippen molar-refractivity contribution in [2.45, 2.75) is 38.6 Å². The number of hydrogen-bond acceptors (Lipinski definition) is 0. The molecule has 1 heterocycles. The zero-order valence-corrected chi connectivity index (χ0v) is 12.7. The highest BCUT2D eigenvalue weighted by Crippen LogP contribution is 2.52. The van der Waals surface area contributed by atoms with Crippen LogP contribution in [0.1, 0.15) is 37.1 Å². The highest BCUT2D eigenvalue weighted by molar-refractivity contribution is 7.38. The molecule has 0 nitrogen and oxygen atoms in total. The number of aryl methyl sites for hydroxylation is 1. The zero-order valence-electron chi connectivity index (χ0n) is 11.0. The standard InChI is InChI=1S/C14H16F3S.ClH/c1-4-10-5-6-12-11(7-10)8-13(9(2)3)18(12)14(15,16)17;/h5-9H,4H2,1-3H3;1H/q+1;. The third-order valence-corrected chi connectivity index (χ3v) is 5.37.